The first-order valence-electron chi connectivity index (χ1n) is 4.51. The van der Waals surface area contributed by atoms with E-state index in [4.69, 9.17) is 11.6 Å². The summed E-state index contributed by atoms with van der Waals surface area (Å²) in [5.74, 6) is 0.805. The first-order valence-corrected chi connectivity index (χ1v) is 6.50. The Bertz CT molecular complexity index is 661. The minimum Gasteiger partial charge on any atom is -0.268 e. The topological polar surface area (TPSA) is 30.2 Å². The summed E-state index contributed by atoms with van der Waals surface area (Å²) in [6.45, 7) is 0. The van der Waals surface area contributed by atoms with Crippen molar-refractivity contribution in [3.8, 4) is 10.7 Å². The molecule has 0 radical (unpaired) electrons. The Kier molecular flexibility index (Phi) is 2.46. The quantitative estimate of drug-likeness (QED) is 0.638. The largest absolute Gasteiger partial charge is 0.268 e. The zero-order valence-corrected chi connectivity index (χ0v) is 11.1. The second-order valence-corrected chi connectivity index (χ2v) is 5.70. The molecule has 0 aromatic carbocycles. The molecule has 80 valence electrons. The van der Waals surface area contributed by atoms with E-state index in [0.717, 1.165) is 25.3 Å². The van der Waals surface area contributed by atoms with Crippen LogP contribution in [0.5, 0.6) is 0 Å². The second-order valence-electron chi connectivity index (χ2n) is 3.17. The Balaban J connectivity index is 2.32. The average Bonchev–Trinajstić information content (AvgIpc) is 2.84. The summed E-state index contributed by atoms with van der Waals surface area (Å²) < 4.78 is 3.62. The van der Waals surface area contributed by atoms with E-state index in [9.17, 15) is 0 Å². The van der Waals surface area contributed by atoms with Crippen LogP contribution in [0.25, 0.3) is 16.3 Å². The number of rotatable bonds is 1. The maximum Gasteiger partial charge on any atom is 0.179 e. The molecule has 0 atom stereocenters. The lowest BCUT2D eigenvalue weighted by Crippen LogP contribution is -1.89. The summed E-state index contributed by atoms with van der Waals surface area (Å²) in [4.78, 5) is 1.00. The molecule has 0 N–H and O–H groups in total. The van der Waals surface area contributed by atoms with Gasteiger partial charge in [0, 0.05) is 0 Å². The van der Waals surface area contributed by atoms with Gasteiger partial charge >= 0.3 is 0 Å². The smallest absolute Gasteiger partial charge is 0.179 e. The minimum atomic E-state index is 0.749. The molecule has 3 nitrogen and oxygen atoms in total. The summed E-state index contributed by atoms with van der Waals surface area (Å²) in [7, 11) is 0. The summed E-state index contributed by atoms with van der Waals surface area (Å²) in [6.07, 6.45) is 0. The van der Waals surface area contributed by atoms with Crippen molar-refractivity contribution in [1.29, 1.82) is 0 Å². The van der Waals surface area contributed by atoms with Crippen LogP contribution in [0, 0.1) is 0 Å². The fraction of sp³-hybridized carbons (Fsp3) is 0. The van der Waals surface area contributed by atoms with Crippen molar-refractivity contribution in [2.45, 2.75) is 0 Å². The lowest BCUT2D eigenvalue weighted by Gasteiger charge is -1.99. The molecular formula is C10H5BrClN3S. The van der Waals surface area contributed by atoms with Crippen molar-refractivity contribution in [2.24, 2.45) is 0 Å². The van der Waals surface area contributed by atoms with E-state index in [1.54, 1.807) is 0 Å². The second kappa shape index (κ2) is 3.84. The summed E-state index contributed by atoms with van der Waals surface area (Å²) >= 11 is 10.9. The normalized spacial score (nSPS) is 11.1. The van der Waals surface area contributed by atoms with Gasteiger partial charge in [-0.25, -0.2) is 0 Å². The molecule has 3 rings (SSSR count). The SMILES string of the molecule is Clc1ccc(-c2nnc3cccc(Br)n23)s1. The molecule has 0 aliphatic rings. The molecule has 16 heavy (non-hydrogen) atoms. The number of pyridine rings is 1. The fourth-order valence-corrected chi connectivity index (χ4v) is 3.02. The lowest BCUT2D eigenvalue weighted by atomic mass is 10.4. The lowest BCUT2D eigenvalue weighted by molar-refractivity contribution is 1.11. The number of hydrogen-bond acceptors (Lipinski definition) is 3. The standard InChI is InChI=1S/C10H5BrClN3S/c11-7-2-1-3-9-13-14-10(15(7)9)6-4-5-8(12)16-6/h1-5H. The Morgan fingerprint density at radius 2 is 2.06 bits per heavy atom. The van der Waals surface area contributed by atoms with Crippen LogP contribution in [0.15, 0.2) is 34.9 Å². The van der Waals surface area contributed by atoms with Crippen molar-refractivity contribution < 1.29 is 0 Å². The molecule has 0 unspecified atom stereocenters. The van der Waals surface area contributed by atoms with E-state index in [1.165, 1.54) is 11.3 Å². The van der Waals surface area contributed by atoms with Gasteiger partial charge < -0.3 is 0 Å². The maximum atomic E-state index is 5.92. The number of hydrogen-bond donors (Lipinski definition) is 0. The molecular weight excluding hydrogens is 310 g/mol. The molecule has 0 aliphatic carbocycles. The molecule has 0 aliphatic heterocycles. The van der Waals surface area contributed by atoms with Crippen molar-refractivity contribution in [2.75, 3.05) is 0 Å². The third-order valence-corrected chi connectivity index (χ3v) is 4.02. The fourth-order valence-electron chi connectivity index (χ4n) is 1.50. The van der Waals surface area contributed by atoms with Crippen LogP contribution >= 0.6 is 38.9 Å². The predicted octanol–water partition coefficient (Wildman–Crippen LogP) is 3.87. The van der Waals surface area contributed by atoms with Crippen LogP contribution in [0.2, 0.25) is 4.34 Å². The van der Waals surface area contributed by atoms with Crippen molar-refractivity contribution >= 4 is 44.5 Å². The van der Waals surface area contributed by atoms with E-state index in [-0.39, 0.29) is 0 Å². The zero-order valence-electron chi connectivity index (χ0n) is 7.89. The molecule has 0 spiro atoms. The van der Waals surface area contributed by atoms with E-state index in [0.29, 0.717) is 0 Å². The first kappa shape index (κ1) is 10.3. The Morgan fingerprint density at radius 1 is 1.19 bits per heavy atom. The summed E-state index contributed by atoms with van der Waals surface area (Å²) in [6, 6.07) is 9.60. The highest BCUT2D eigenvalue weighted by Gasteiger charge is 2.11. The van der Waals surface area contributed by atoms with Crippen LogP contribution in [0.3, 0.4) is 0 Å². The third kappa shape index (κ3) is 1.55. The van der Waals surface area contributed by atoms with Gasteiger partial charge in [0.25, 0.3) is 0 Å². The van der Waals surface area contributed by atoms with Crippen molar-refractivity contribution in [1.82, 2.24) is 14.6 Å². The first-order chi connectivity index (χ1) is 7.75. The van der Waals surface area contributed by atoms with Crippen LogP contribution < -0.4 is 0 Å². The number of thiophene rings is 1. The highest BCUT2D eigenvalue weighted by molar-refractivity contribution is 9.10. The van der Waals surface area contributed by atoms with Crippen LogP contribution in [-0.4, -0.2) is 14.6 Å². The van der Waals surface area contributed by atoms with Gasteiger partial charge in [0.1, 0.15) is 0 Å². The number of fused-ring (bicyclic) bond motifs is 1. The molecule has 3 aromatic rings. The highest BCUT2D eigenvalue weighted by Crippen LogP contribution is 2.31. The molecule has 0 fully saturated rings. The van der Waals surface area contributed by atoms with Gasteiger partial charge in [0.15, 0.2) is 11.5 Å². The third-order valence-electron chi connectivity index (χ3n) is 2.17. The monoisotopic (exact) mass is 313 g/mol. The van der Waals surface area contributed by atoms with Gasteiger partial charge in [-0.05, 0) is 40.2 Å². The molecule has 0 saturated heterocycles. The maximum absolute atomic E-state index is 5.92. The van der Waals surface area contributed by atoms with Crippen molar-refractivity contribution in [3.05, 3.63) is 39.3 Å². The average molecular weight is 315 g/mol. The van der Waals surface area contributed by atoms with E-state index < -0.39 is 0 Å². The molecule has 3 heterocycles. The van der Waals surface area contributed by atoms with Gasteiger partial charge in [-0.3, -0.25) is 4.40 Å². The van der Waals surface area contributed by atoms with Crippen molar-refractivity contribution in [3.63, 3.8) is 0 Å². The Labute approximate surface area is 109 Å². The van der Waals surface area contributed by atoms with Gasteiger partial charge in [0.05, 0.1) is 13.8 Å². The predicted molar refractivity (Wildman–Crippen MR) is 69.0 cm³/mol. The minimum absolute atomic E-state index is 0.749. The Hall–Kier alpha value is -0.910. The summed E-state index contributed by atoms with van der Waals surface area (Å²) in [5, 5.41) is 8.29. The summed E-state index contributed by atoms with van der Waals surface area (Å²) in [5.41, 5.74) is 0.814. The molecule has 3 aromatic heterocycles. The number of halogens is 2. The molecule has 0 amide bonds. The van der Waals surface area contributed by atoms with Gasteiger partial charge in [-0.2, -0.15) is 0 Å². The van der Waals surface area contributed by atoms with Gasteiger partial charge in [-0.15, -0.1) is 21.5 Å². The van der Waals surface area contributed by atoms with Gasteiger partial charge in [0.2, 0.25) is 0 Å². The number of nitrogens with zero attached hydrogens (tertiary/aromatic N) is 3. The van der Waals surface area contributed by atoms with E-state index in [2.05, 4.69) is 26.1 Å². The van der Waals surface area contributed by atoms with Crippen LogP contribution in [-0.2, 0) is 0 Å². The van der Waals surface area contributed by atoms with Gasteiger partial charge in [-0.1, -0.05) is 17.7 Å². The van der Waals surface area contributed by atoms with Crippen LogP contribution in [0.1, 0.15) is 0 Å². The van der Waals surface area contributed by atoms with E-state index in [1.807, 2.05) is 34.7 Å². The molecule has 0 saturated carbocycles. The Morgan fingerprint density at radius 3 is 2.81 bits per heavy atom. The van der Waals surface area contributed by atoms with E-state index >= 15 is 0 Å². The molecule has 6 heteroatoms. The highest BCUT2D eigenvalue weighted by atomic mass is 79.9. The number of aromatic nitrogens is 3. The van der Waals surface area contributed by atoms with Crippen LogP contribution in [0.4, 0.5) is 0 Å². The molecule has 0 bridgehead atoms. The zero-order chi connectivity index (χ0) is 11.1.